The van der Waals surface area contributed by atoms with Gasteiger partial charge in [-0.2, -0.15) is 0 Å². The van der Waals surface area contributed by atoms with Crippen molar-refractivity contribution in [2.45, 2.75) is 50.7 Å². The van der Waals surface area contributed by atoms with Crippen molar-refractivity contribution < 1.29 is 19.4 Å². The molecule has 0 aromatic carbocycles. The molecule has 2 N–H and O–H groups in total. The number of morpholine rings is 1. The summed E-state index contributed by atoms with van der Waals surface area (Å²) in [5, 5.41) is 12.0. The van der Waals surface area contributed by atoms with E-state index in [-0.39, 0.29) is 18.7 Å². The molecule has 0 aromatic heterocycles. The van der Waals surface area contributed by atoms with Crippen LogP contribution in [0.15, 0.2) is 0 Å². The van der Waals surface area contributed by atoms with Crippen molar-refractivity contribution in [2.75, 3.05) is 39.8 Å². The normalized spacial score (nSPS) is 30.3. The summed E-state index contributed by atoms with van der Waals surface area (Å²) in [4.78, 5) is 26.8. The molecular formula is C18H31N3O4. The number of carboxylic acids is 1. The molecule has 3 rings (SSSR count). The number of carboxylic acid groups (broad SMARTS) is 1. The summed E-state index contributed by atoms with van der Waals surface area (Å²) < 4.78 is 5.69. The van der Waals surface area contributed by atoms with E-state index in [1.54, 1.807) is 11.9 Å². The molecule has 3 unspecified atom stereocenters. The van der Waals surface area contributed by atoms with Gasteiger partial charge >= 0.3 is 12.0 Å². The van der Waals surface area contributed by atoms with Crippen LogP contribution in [-0.4, -0.2) is 78.9 Å². The minimum Gasteiger partial charge on any atom is -0.480 e. The Labute approximate surface area is 149 Å². The molecular weight excluding hydrogens is 322 g/mol. The third-order valence-electron chi connectivity index (χ3n) is 5.75. The highest BCUT2D eigenvalue weighted by Gasteiger charge is 2.44. The maximum absolute atomic E-state index is 12.5. The molecule has 1 heterocycles. The first kappa shape index (κ1) is 18.5. The van der Waals surface area contributed by atoms with Crippen LogP contribution in [0, 0.1) is 11.8 Å². The highest BCUT2D eigenvalue weighted by atomic mass is 16.5. The lowest BCUT2D eigenvalue weighted by molar-refractivity contribution is -0.138. The molecule has 3 atom stereocenters. The van der Waals surface area contributed by atoms with E-state index in [0.29, 0.717) is 38.2 Å². The molecule has 2 aliphatic carbocycles. The third-order valence-corrected chi connectivity index (χ3v) is 5.75. The van der Waals surface area contributed by atoms with Gasteiger partial charge < -0.3 is 20.1 Å². The second-order valence-corrected chi connectivity index (χ2v) is 7.88. The molecule has 0 radical (unpaired) electrons. The number of carbonyl (C=O) groups excluding carboxylic acids is 1. The van der Waals surface area contributed by atoms with Crippen LogP contribution in [0.5, 0.6) is 0 Å². The monoisotopic (exact) mass is 353 g/mol. The number of urea groups is 1. The number of hydrogen-bond acceptors (Lipinski definition) is 4. The molecule has 3 fully saturated rings. The van der Waals surface area contributed by atoms with Crippen molar-refractivity contribution in [3.05, 3.63) is 0 Å². The highest BCUT2D eigenvalue weighted by Crippen LogP contribution is 2.44. The standard InChI is InChI=1S/C18H31N3O4/c1-20(12-17(22)23)10-14-11-21(7-8-25-14)18(24)19-16-9-15(16)13-5-3-2-4-6-13/h13-16H,2-12H2,1H3,(H,19,24)(H,22,23). The molecule has 0 aromatic rings. The number of carbonyl (C=O) groups is 2. The molecule has 2 amide bonds. The van der Waals surface area contributed by atoms with Crippen molar-refractivity contribution in [3.8, 4) is 0 Å². The lowest BCUT2D eigenvalue weighted by Gasteiger charge is -2.34. The van der Waals surface area contributed by atoms with E-state index in [1.165, 1.54) is 32.1 Å². The Hall–Kier alpha value is -1.34. The first-order valence-electron chi connectivity index (χ1n) is 9.60. The van der Waals surface area contributed by atoms with Gasteiger partial charge in [0.15, 0.2) is 0 Å². The average molecular weight is 353 g/mol. The zero-order valence-electron chi connectivity index (χ0n) is 15.2. The number of nitrogens with zero attached hydrogens (tertiary/aromatic N) is 2. The van der Waals surface area contributed by atoms with Gasteiger partial charge in [-0.15, -0.1) is 0 Å². The zero-order valence-corrected chi connectivity index (χ0v) is 15.2. The van der Waals surface area contributed by atoms with Gasteiger partial charge in [0.25, 0.3) is 0 Å². The van der Waals surface area contributed by atoms with Crippen molar-refractivity contribution in [2.24, 2.45) is 11.8 Å². The Kier molecular flexibility index (Phi) is 6.17. The lowest BCUT2D eigenvalue weighted by atomic mass is 9.85. The molecule has 142 valence electrons. The highest BCUT2D eigenvalue weighted by molar-refractivity contribution is 5.75. The van der Waals surface area contributed by atoms with E-state index < -0.39 is 5.97 Å². The number of amides is 2. The summed E-state index contributed by atoms with van der Waals surface area (Å²) in [6.07, 6.45) is 7.71. The number of ether oxygens (including phenoxy) is 1. The SMILES string of the molecule is CN(CC(=O)O)CC1CN(C(=O)NC2CC2C2CCCCC2)CCO1. The molecule has 1 aliphatic heterocycles. The molecule has 25 heavy (non-hydrogen) atoms. The third kappa shape index (κ3) is 5.31. The summed E-state index contributed by atoms with van der Waals surface area (Å²) in [6.45, 7) is 2.14. The van der Waals surface area contributed by atoms with Crippen LogP contribution < -0.4 is 5.32 Å². The van der Waals surface area contributed by atoms with Gasteiger partial charge in [0.05, 0.1) is 19.3 Å². The summed E-state index contributed by atoms with van der Waals surface area (Å²) in [7, 11) is 1.76. The van der Waals surface area contributed by atoms with Crippen LogP contribution in [0.3, 0.4) is 0 Å². The second-order valence-electron chi connectivity index (χ2n) is 7.88. The number of aliphatic carboxylic acids is 1. The Balaban J connectivity index is 1.40. The molecule has 1 saturated heterocycles. The number of nitrogens with one attached hydrogen (secondary N) is 1. The number of likely N-dealkylation sites (N-methyl/N-ethyl adjacent to an activating group) is 1. The van der Waals surface area contributed by atoms with Gasteiger partial charge in [0.2, 0.25) is 0 Å². The van der Waals surface area contributed by atoms with E-state index in [1.807, 2.05) is 4.90 Å². The van der Waals surface area contributed by atoms with Crippen LogP contribution in [-0.2, 0) is 9.53 Å². The minimum atomic E-state index is -0.851. The topological polar surface area (TPSA) is 82.1 Å². The lowest BCUT2D eigenvalue weighted by Crippen LogP contribution is -2.53. The quantitative estimate of drug-likeness (QED) is 0.754. The van der Waals surface area contributed by atoms with Crippen LogP contribution in [0.2, 0.25) is 0 Å². The fourth-order valence-electron chi connectivity index (χ4n) is 4.37. The first-order chi connectivity index (χ1) is 12.0. The Morgan fingerprint density at radius 2 is 2.04 bits per heavy atom. The number of rotatable bonds is 6. The summed E-state index contributed by atoms with van der Waals surface area (Å²) in [6, 6.07) is 0.365. The van der Waals surface area contributed by atoms with Crippen LogP contribution in [0.4, 0.5) is 4.79 Å². The first-order valence-corrected chi connectivity index (χ1v) is 9.60. The maximum atomic E-state index is 12.5. The molecule has 2 saturated carbocycles. The van der Waals surface area contributed by atoms with Gasteiger partial charge in [0.1, 0.15) is 0 Å². The molecule has 7 heteroatoms. The second kappa shape index (κ2) is 8.36. The van der Waals surface area contributed by atoms with Crippen LogP contribution >= 0.6 is 0 Å². The smallest absolute Gasteiger partial charge is 0.317 e. The minimum absolute atomic E-state index is 0.0116. The van der Waals surface area contributed by atoms with Gasteiger partial charge in [0, 0.05) is 25.7 Å². The van der Waals surface area contributed by atoms with Crippen LogP contribution in [0.1, 0.15) is 38.5 Å². The zero-order chi connectivity index (χ0) is 17.8. The maximum Gasteiger partial charge on any atom is 0.317 e. The summed E-state index contributed by atoms with van der Waals surface area (Å²) in [5.74, 6) is 0.638. The Bertz CT molecular complexity index is 481. The molecule has 0 spiro atoms. The predicted molar refractivity (Wildman–Crippen MR) is 93.4 cm³/mol. The molecule has 0 bridgehead atoms. The van der Waals surface area contributed by atoms with E-state index in [2.05, 4.69) is 5.32 Å². The molecule has 3 aliphatic rings. The van der Waals surface area contributed by atoms with E-state index in [9.17, 15) is 9.59 Å². The van der Waals surface area contributed by atoms with Gasteiger partial charge in [-0.05, 0) is 25.3 Å². The van der Waals surface area contributed by atoms with Gasteiger partial charge in [-0.25, -0.2) is 4.79 Å². The largest absolute Gasteiger partial charge is 0.480 e. The van der Waals surface area contributed by atoms with Crippen molar-refractivity contribution in [3.63, 3.8) is 0 Å². The summed E-state index contributed by atoms with van der Waals surface area (Å²) in [5.41, 5.74) is 0. The Morgan fingerprint density at radius 3 is 2.76 bits per heavy atom. The van der Waals surface area contributed by atoms with E-state index >= 15 is 0 Å². The fraction of sp³-hybridized carbons (Fsp3) is 0.889. The fourth-order valence-corrected chi connectivity index (χ4v) is 4.37. The van der Waals surface area contributed by atoms with E-state index in [0.717, 1.165) is 12.3 Å². The van der Waals surface area contributed by atoms with Crippen molar-refractivity contribution in [1.82, 2.24) is 15.1 Å². The number of hydrogen-bond donors (Lipinski definition) is 2. The Morgan fingerprint density at radius 1 is 1.28 bits per heavy atom. The summed E-state index contributed by atoms with van der Waals surface area (Å²) >= 11 is 0. The average Bonchev–Trinajstić information content (AvgIpc) is 3.34. The van der Waals surface area contributed by atoms with Gasteiger partial charge in [-0.1, -0.05) is 32.1 Å². The van der Waals surface area contributed by atoms with E-state index in [4.69, 9.17) is 9.84 Å². The van der Waals surface area contributed by atoms with Crippen molar-refractivity contribution in [1.29, 1.82) is 0 Å². The van der Waals surface area contributed by atoms with Crippen molar-refractivity contribution >= 4 is 12.0 Å². The molecule has 7 nitrogen and oxygen atoms in total. The predicted octanol–water partition coefficient (Wildman–Crippen LogP) is 1.38. The van der Waals surface area contributed by atoms with Crippen LogP contribution in [0.25, 0.3) is 0 Å². The van der Waals surface area contributed by atoms with Gasteiger partial charge in [-0.3, -0.25) is 9.69 Å².